The molecule has 0 aromatic carbocycles. The lowest BCUT2D eigenvalue weighted by molar-refractivity contribution is 0.678. The van der Waals surface area contributed by atoms with E-state index in [0.717, 1.165) is 23.7 Å². The largest absolute Gasteiger partial charge is 0.370 e. The summed E-state index contributed by atoms with van der Waals surface area (Å²) in [6.45, 7) is 9.71. The smallest absolute Gasteiger partial charge is 0.135 e. The third kappa shape index (κ3) is 4.45. The van der Waals surface area contributed by atoms with Crippen LogP contribution in [0.15, 0.2) is 6.33 Å². The maximum Gasteiger partial charge on any atom is 0.135 e. The van der Waals surface area contributed by atoms with Crippen molar-refractivity contribution in [2.75, 3.05) is 30.0 Å². The first-order valence-corrected chi connectivity index (χ1v) is 8.24. The fourth-order valence-corrected chi connectivity index (χ4v) is 2.07. The van der Waals surface area contributed by atoms with Crippen LogP contribution in [-0.2, 0) is 10.8 Å². The van der Waals surface area contributed by atoms with Gasteiger partial charge in [0.15, 0.2) is 0 Å². The molecule has 0 radical (unpaired) electrons. The van der Waals surface area contributed by atoms with Crippen molar-refractivity contribution in [3.63, 3.8) is 0 Å². The van der Waals surface area contributed by atoms with Crippen LogP contribution in [0.1, 0.15) is 39.2 Å². The SMILES string of the molecule is CCNc1ncnc(NCC(C)S(C)=O)c1C(C)C. The first-order chi connectivity index (χ1) is 8.97. The molecule has 0 aliphatic rings. The topological polar surface area (TPSA) is 66.9 Å². The highest BCUT2D eigenvalue weighted by Gasteiger charge is 2.15. The summed E-state index contributed by atoms with van der Waals surface area (Å²) in [5.74, 6) is 2.03. The number of hydrogen-bond donors (Lipinski definition) is 2. The molecular weight excluding hydrogens is 260 g/mol. The molecule has 108 valence electrons. The fraction of sp³-hybridized carbons (Fsp3) is 0.692. The van der Waals surface area contributed by atoms with E-state index in [0.29, 0.717) is 12.5 Å². The average molecular weight is 284 g/mol. The molecule has 5 nitrogen and oxygen atoms in total. The Bertz CT molecular complexity index is 437. The second-order valence-electron chi connectivity index (χ2n) is 4.86. The van der Waals surface area contributed by atoms with E-state index in [2.05, 4.69) is 34.4 Å². The summed E-state index contributed by atoms with van der Waals surface area (Å²) in [6, 6.07) is 0. The molecule has 6 heteroatoms. The van der Waals surface area contributed by atoms with Gasteiger partial charge in [0.05, 0.1) is 0 Å². The van der Waals surface area contributed by atoms with Gasteiger partial charge < -0.3 is 10.6 Å². The maximum absolute atomic E-state index is 11.4. The Hall–Kier alpha value is -1.17. The Balaban J connectivity index is 2.93. The molecule has 0 aliphatic heterocycles. The Labute approximate surface area is 118 Å². The number of rotatable bonds is 7. The summed E-state index contributed by atoms with van der Waals surface area (Å²) in [5.41, 5.74) is 1.08. The highest BCUT2D eigenvalue weighted by molar-refractivity contribution is 7.84. The summed E-state index contributed by atoms with van der Waals surface area (Å²) >= 11 is 0. The lowest BCUT2D eigenvalue weighted by atomic mass is 10.0. The maximum atomic E-state index is 11.4. The van der Waals surface area contributed by atoms with Gasteiger partial charge >= 0.3 is 0 Å². The van der Waals surface area contributed by atoms with E-state index in [9.17, 15) is 4.21 Å². The predicted molar refractivity (Wildman–Crippen MR) is 82.3 cm³/mol. The highest BCUT2D eigenvalue weighted by Crippen LogP contribution is 2.28. The molecule has 1 heterocycles. The van der Waals surface area contributed by atoms with Gasteiger partial charge in [0.1, 0.15) is 18.0 Å². The monoisotopic (exact) mass is 284 g/mol. The van der Waals surface area contributed by atoms with Crippen LogP contribution in [0.3, 0.4) is 0 Å². The van der Waals surface area contributed by atoms with E-state index in [-0.39, 0.29) is 5.25 Å². The van der Waals surface area contributed by atoms with Crippen molar-refractivity contribution in [3.05, 3.63) is 11.9 Å². The first kappa shape index (κ1) is 15.9. The van der Waals surface area contributed by atoms with Crippen LogP contribution in [0.2, 0.25) is 0 Å². The molecule has 0 bridgehead atoms. The fourth-order valence-electron chi connectivity index (χ4n) is 1.75. The minimum atomic E-state index is -0.832. The molecule has 2 unspecified atom stereocenters. The van der Waals surface area contributed by atoms with Gasteiger partial charge in [0, 0.05) is 41.0 Å². The minimum absolute atomic E-state index is 0.0950. The zero-order valence-electron chi connectivity index (χ0n) is 12.4. The molecule has 1 aromatic heterocycles. The van der Waals surface area contributed by atoms with Crippen molar-refractivity contribution in [2.24, 2.45) is 0 Å². The van der Waals surface area contributed by atoms with Crippen molar-refractivity contribution in [1.82, 2.24) is 9.97 Å². The van der Waals surface area contributed by atoms with Crippen LogP contribution in [0.25, 0.3) is 0 Å². The summed E-state index contributed by atoms with van der Waals surface area (Å²) in [7, 11) is -0.832. The molecule has 0 fully saturated rings. The Morgan fingerprint density at radius 3 is 2.26 bits per heavy atom. The van der Waals surface area contributed by atoms with Gasteiger partial charge in [0.2, 0.25) is 0 Å². The summed E-state index contributed by atoms with van der Waals surface area (Å²) in [5, 5.41) is 6.64. The van der Waals surface area contributed by atoms with Gasteiger partial charge in [-0.05, 0) is 19.8 Å². The lowest BCUT2D eigenvalue weighted by Crippen LogP contribution is -2.22. The van der Waals surface area contributed by atoms with Gasteiger partial charge in [-0.1, -0.05) is 13.8 Å². The standard InChI is InChI=1S/C13H24N4OS/c1-6-14-12-11(9(2)3)13(17-8-16-12)15-7-10(4)19(5)18/h8-10H,6-7H2,1-5H3,(H2,14,15,16,17). The number of nitrogens with zero attached hydrogens (tertiary/aromatic N) is 2. The number of aromatic nitrogens is 2. The van der Waals surface area contributed by atoms with Gasteiger partial charge in [-0.2, -0.15) is 0 Å². The molecule has 1 rings (SSSR count). The van der Waals surface area contributed by atoms with Crippen LogP contribution in [-0.4, -0.2) is 38.8 Å². The zero-order valence-corrected chi connectivity index (χ0v) is 13.2. The van der Waals surface area contributed by atoms with Gasteiger partial charge in [-0.25, -0.2) is 9.97 Å². The van der Waals surface area contributed by atoms with Gasteiger partial charge in [0.25, 0.3) is 0 Å². The predicted octanol–water partition coefficient (Wildman–Crippen LogP) is 2.21. The molecule has 0 saturated carbocycles. The van der Waals surface area contributed by atoms with Gasteiger partial charge in [-0.3, -0.25) is 4.21 Å². The van der Waals surface area contributed by atoms with Crippen molar-refractivity contribution in [3.8, 4) is 0 Å². The van der Waals surface area contributed by atoms with Crippen molar-refractivity contribution >= 4 is 22.4 Å². The van der Waals surface area contributed by atoms with Crippen LogP contribution >= 0.6 is 0 Å². The van der Waals surface area contributed by atoms with Gasteiger partial charge in [-0.15, -0.1) is 0 Å². The number of hydrogen-bond acceptors (Lipinski definition) is 5. The summed E-state index contributed by atoms with van der Waals surface area (Å²) in [6.07, 6.45) is 3.28. The number of anilines is 2. The van der Waals surface area contributed by atoms with E-state index in [1.54, 1.807) is 12.6 Å². The van der Waals surface area contributed by atoms with E-state index in [1.807, 2.05) is 13.8 Å². The first-order valence-electron chi connectivity index (χ1n) is 6.62. The second-order valence-corrected chi connectivity index (χ2v) is 6.66. The summed E-state index contributed by atoms with van der Waals surface area (Å²) < 4.78 is 11.4. The Morgan fingerprint density at radius 1 is 1.21 bits per heavy atom. The molecule has 0 aliphatic carbocycles. The third-order valence-electron chi connectivity index (χ3n) is 2.93. The molecule has 0 amide bonds. The molecule has 2 N–H and O–H groups in total. The van der Waals surface area contributed by atoms with E-state index < -0.39 is 10.8 Å². The molecule has 0 spiro atoms. The molecular formula is C13H24N4OS. The van der Waals surface area contributed by atoms with Crippen molar-refractivity contribution in [1.29, 1.82) is 0 Å². The van der Waals surface area contributed by atoms with Crippen LogP contribution in [0.4, 0.5) is 11.6 Å². The summed E-state index contributed by atoms with van der Waals surface area (Å²) in [4.78, 5) is 8.60. The molecule has 0 saturated heterocycles. The third-order valence-corrected chi connectivity index (χ3v) is 4.23. The van der Waals surface area contributed by atoms with E-state index in [1.165, 1.54) is 0 Å². The van der Waals surface area contributed by atoms with E-state index >= 15 is 0 Å². The lowest BCUT2D eigenvalue weighted by Gasteiger charge is -2.18. The quantitative estimate of drug-likeness (QED) is 0.803. The highest BCUT2D eigenvalue weighted by atomic mass is 32.2. The average Bonchev–Trinajstić information content (AvgIpc) is 2.35. The Kier molecular flexibility index (Phi) is 6.21. The van der Waals surface area contributed by atoms with Crippen LogP contribution in [0.5, 0.6) is 0 Å². The normalized spacial score (nSPS) is 14.2. The van der Waals surface area contributed by atoms with Crippen LogP contribution < -0.4 is 10.6 Å². The molecule has 2 atom stereocenters. The van der Waals surface area contributed by atoms with Crippen molar-refractivity contribution < 1.29 is 4.21 Å². The number of nitrogens with one attached hydrogen (secondary N) is 2. The molecule has 19 heavy (non-hydrogen) atoms. The van der Waals surface area contributed by atoms with Crippen LogP contribution in [0, 0.1) is 0 Å². The molecule has 1 aromatic rings. The van der Waals surface area contributed by atoms with Crippen molar-refractivity contribution in [2.45, 2.75) is 38.9 Å². The zero-order chi connectivity index (χ0) is 14.4. The Morgan fingerprint density at radius 2 is 1.79 bits per heavy atom. The minimum Gasteiger partial charge on any atom is -0.370 e. The van der Waals surface area contributed by atoms with E-state index in [4.69, 9.17) is 0 Å². The second kappa shape index (κ2) is 7.43.